The van der Waals surface area contributed by atoms with Crippen molar-refractivity contribution < 1.29 is 26.1 Å². The molecule has 106 valence electrons. The van der Waals surface area contributed by atoms with Gasteiger partial charge in [0, 0.05) is 5.56 Å². The monoisotopic (exact) mass is 302 g/mol. The molecule has 20 heavy (non-hydrogen) atoms. The zero-order chi connectivity index (χ0) is 15.0. The van der Waals surface area contributed by atoms with Crippen molar-refractivity contribution in [3.8, 4) is 11.1 Å². The number of halogens is 3. The Morgan fingerprint density at radius 2 is 1.35 bits per heavy atom. The fraction of sp³-hybridized carbons (Fsp3) is 0.0769. The first-order chi connectivity index (χ1) is 9.21. The summed E-state index contributed by atoms with van der Waals surface area (Å²) < 4.78 is 70.5. The van der Waals surface area contributed by atoms with Gasteiger partial charge in [0.1, 0.15) is 4.90 Å². The number of hydrogen-bond acceptors (Lipinski definition) is 2. The molecule has 0 fully saturated rings. The van der Waals surface area contributed by atoms with E-state index in [9.17, 15) is 21.6 Å². The Kier molecular flexibility index (Phi) is 3.58. The minimum atomic E-state index is -4.62. The molecule has 0 saturated carbocycles. The van der Waals surface area contributed by atoms with Gasteiger partial charge in [0.2, 0.25) is 0 Å². The predicted octanol–water partition coefficient (Wildman–Crippen LogP) is 3.62. The lowest BCUT2D eigenvalue weighted by Gasteiger charge is -2.14. The SMILES string of the molecule is O=S(=O)(O)c1ccccc1-c1ccccc1C(F)(F)F. The summed E-state index contributed by atoms with van der Waals surface area (Å²) >= 11 is 0. The summed E-state index contributed by atoms with van der Waals surface area (Å²) in [5.74, 6) is 0. The van der Waals surface area contributed by atoms with Gasteiger partial charge in [0.25, 0.3) is 10.1 Å². The van der Waals surface area contributed by atoms with Crippen molar-refractivity contribution >= 4 is 10.1 Å². The second-order valence-electron chi connectivity index (χ2n) is 4.01. The lowest BCUT2D eigenvalue weighted by atomic mass is 9.99. The van der Waals surface area contributed by atoms with E-state index in [1.54, 1.807) is 0 Å². The molecule has 0 aliphatic carbocycles. The van der Waals surface area contributed by atoms with Gasteiger partial charge in [0.15, 0.2) is 0 Å². The van der Waals surface area contributed by atoms with Crippen LogP contribution in [0.2, 0.25) is 0 Å². The maximum atomic E-state index is 13.0. The second-order valence-corrected chi connectivity index (χ2v) is 5.40. The largest absolute Gasteiger partial charge is 0.417 e. The van der Waals surface area contributed by atoms with Crippen LogP contribution in [-0.2, 0) is 16.3 Å². The van der Waals surface area contributed by atoms with Gasteiger partial charge in [-0.15, -0.1) is 0 Å². The van der Waals surface area contributed by atoms with E-state index in [1.165, 1.54) is 30.3 Å². The van der Waals surface area contributed by atoms with Gasteiger partial charge in [0.05, 0.1) is 5.56 Å². The molecule has 0 aliphatic heterocycles. The summed E-state index contributed by atoms with van der Waals surface area (Å²) in [5, 5.41) is 0. The molecule has 2 aromatic rings. The number of hydrogen-bond donors (Lipinski definition) is 1. The maximum Gasteiger partial charge on any atom is 0.417 e. The van der Waals surface area contributed by atoms with E-state index in [0.29, 0.717) is 0 Å². The molecule has 7 heteroatoms. The molecule has 0 aromatic heterocycles. The Morgan fingerprint density at radius 3 is 1.90 bits per heavy atom. The Bertz CT molecular complexity index is 737. The molecule has 1 N–H and O–H groups in total. The molecule has 0 heterocycles. The van der Waals surface area contributed by atoms with Crippen molar-refractivity contribution in [3.63, 3.8) is 0 Å². The zero-order valence-corrected chi connectivity index (χ0v) is 10.7. The van der Waals surface area contributed by atoms with E-state index in [0.717, 1.165) is 18.2 Å². The third-order valence-electron chi connectivity index (χ3n) is 2.69. The van der Waals surface area contributed by atoms with Gasteiger partial charge in [-0.1, -0.05) is 36.4 Å². The van der Waals surface area contributed by atoms with Crippen LogP contribution in [0, 0.1) is 0 Å². The average Bonchev–Trinajstić information content (AvgIpc) is 2.37. The highest BCUT2D eigenvalue weighted by Crippen LogP contribution is 2.38. The van der Waals surface area contributed by atoms with Gasteiger partial charge in [-0.25, -0.2) is 0 Å². The van der Waals surface area contributed by atoms with Gasteiger partial charge < -0.3 is 0 Å². The fourth-order valence-corrected chi connectivity index (χ4v) is 2.59. The average molecular weight is 302 g/mol. The lowest BCUT2D eigenvalue weighted by molar-refractivity contribution is -0.137. The van der Waals surface area contributed by atoms with Crippen molar-refractivity contribution in [3.05, 3.63) is 54.1 Å². The number of benzene rings is 2. The van der Waals surface area contributed by atoms with E-state index in [4.69, 9.17) is 4.55 Å². The summed E-state index contributed by atoms with van der Waals surface area (Å²) in [6.45, 7) is 0. The molecule has 0 saturated heterocycles. The number of alkyl halides is 3. The third-order valence-corrected chi connectivity index (χ3v) is 3.60. The quantitative estimate of drug-likeness (QED) is 0.862. The van der Waals surface area contributed by atoms with Crippen LogP contribution < -0.4 is 0 Å². The van der Waals surface area contributed by atoms with E-state index >= 15 is 0 Å². The van der Waals surface area contributed by atoms with Gasteiger partial charge >= 0.3 is 6.18 Å². The first kappa shape index (κ1) is 14.5. The Morgan fingerprint density at radius 1 is 0.850 bits per heavy atom. The van der Waals surface area contributed by atoms with Crippen molar-refractivity contribution in [2.24, 2.45) is 0 Å². The Hall–Kier alpha value is -1.86. The molecule has 0 radical (unpaired) electrons. The molecule has 0 spiro atoms. The third kappa shape index (κ3) is 2.83. The second kappa shape index (κ2) is 4.92. The summed E-state index contributed by atoms with van der Waals surface area (Å²) in [7, 11) is -4.61. The molecule has 0 atom stereocenters. The minimum Gasteiger partial charge on any atom is -0.282 e. The highest BCUT2D eigenvalue weighted by molar-refractivity contribution is 7.86. The van der Waals surface area contributed by atoms with E-state index in [2.05, 4.69) is 0 Å². The van der Waals surface area contributed by atoms with Crippen LogP contribution in [0.1, 0.15) is 5.56 Å². The molecule has 3 nitrogen and oxygen atoms in total. The van der Waals surface area contributed by atoms with E-state index in [-0.39, 0.29) is 11.1 Å². The standard InChI is InChI=1S/C13H9F3O3S/c14-13(15,16)11-7-3-1-5-9(11)10-6-2-4-8-12(10)20(17,18)19/h1-8H,(H,17,18,19). The van der Waals surface area contributed by atoms with Crippen LogP contribution in [-0.4, -0.2) is 13.0 Å². The molecule has 0 unspecified atom stereocenters. The van der Waals surface area contributed by atoms with Crippen molar-refractivity contribution in [1.29, 1.82) is 0 Å². The molecule has 0 bridgehead atoms. The van der Waals surface area contributed by atoms with Crippen LogP contribution in [0.5, 0.6) is 0 Å². The van der Waals surface area contributed by atoms with Crippen LogP contribution in [0.4, 0.5) is 13.2 Å². The predicted molar refractivity (Wildman–Crippen MR) is 66.7 cm³/mol. The lowest BCUT2D eigenvalue weighted by Crippen LogP contribution is -2.08. The highest BCUT2D eigenvalue weighted by Gasteiger charge is 2.34. The van der Waals surface area contributed by atoms with Crippen LogP contribution in [0.15, 0.2) is 53.4 Å². The maximum absolute atomic E-state index is 13.0. The summed E-state index contributed by atoms with van der Waals surface area (Å²) in [5.41, 5.74) is -1.45. The highest BCUT2D eigenvalue weighted by atomic mass is 32.2. The Balaban J connectivity index is 2.78. The molecular formula is C13H9F3O3S. The first-order valence-electron chi connectivity index (χ1n) is 5.44. The molecule has 2 rings (SSSR count). The van der Waals surface area contributed by atoms with Crippen LogP contribution in [0.3, 0.4) is 0 Å². The van der Waals surface area contributed by atoms with Crippen molar-refractivity contribution in [2.45, 2.75) is 11.1 Å². The van der Waals surface area contributed by atoms with Crippen molar-refractivity contribution in [2.75, 3.05) is 0 Å². The number of rotatable bonds is 2. The van der Waals surface area contributed by atoms with Gasteiger partial charge in [-0.3, -0.25) is 4.55 Å². The molecular weight excluding hydrogens is 293 g/mol. The van der Waals surface area contributed by atoms with Gasteiger partial charge in [-0.05, 0) is 17.7 Å². The molecule has 0 amide bonds. The van der Waals surface area contributed by atoms with Crippen LogP contribution >= 0.6 is 0 Å². The molecule has 2 aromatic carbocycles. The van der Waals surface area contributed by atoms with Crippen LogP contribution in [0.25, 0.3) is 11.1 Å². The van der Waals surface area contributed by atoms with Gasteiger partial charge in [-0.2, -0.15) is 21.6 Å². The smallest absolute Gasteiger partial charge is 0.282 e. The minimum absolute atomic E-state index is 0.192. The van der Waals surface area contributed by atoms with E-state index in [1.807, 2.05) is 0 Å². The summed E-state index contributed by atoms with van der Waals surface area (Å²) in [4.78, 5) is -0.559. The fourth-order valence-electron chi connectivity index (χ4n) is 1.88. The summed E-state index contributed by atoms with van der Waals surface area (Å²) in [6.07, 6.45) is -4.62. The first-order valence-corrected chi connectivity index (χ1v) is 6.88. The normalized spacial score (nSPS) is 12.4. The van der Waals surface area contributed by atoms with E-state index < -0.39 is 26.8 Å². The summed E-state index contributed by atoms with van der Waals surface area (Å²) in [6, 6.07) is 9.59. The van der Waals surface area contributed by atoms with Crippen molar-refractivity contribution in [1.82, 2.24) is 0 Å². The Labute approximate surface area is 113 Å². The topological polar surface area (TPSA) is 54.4 Å². The zero-order valence-electron chi connectivity index (χ0n) is 9.92. The molecule has 0 aliphatic rings.